The minimum Gasteiger partial charge on any atom is -0.474 e. The molecule has 1 saturated heterocycles. The molecule has 37 heavy (non-hydrogen) atoms. The molecule has 5 heterocycles. The number of pyridine rings is 1. The summed E-state index contributed by atoms with van der Waals surface area (Å²) < 4.78 is 14.8. The molecular formula is C26H26N8O2S. The second-order valence-corrected chi connectivity index (χ2v) is 9.91. The molecule has 0 bridgehead atoms. The molecule has 4 aromatic heterocycles. The molecule has 0 amide bonds. The monoisotopic (exact) mass is 514 g/mol. The second kappa shape index (κ2) is 9.75. The zero-order valence-electron chi connectivity index (χ0n) is 20.4. The standard InChI is InChI=1S/C26H26N8O2S/c1-3-11-33-25(35)20-16-27-26(29-18-7-8-21-17(14-18)15-28-37-21)31-24(20)34(33)22-5-4-6-23(30-22)36-19-9-12-32(2)13-10-19/h3-8,14-16,19H,1,9-13H2,2H3,(H,27,29,31). The lowest BCUT2D eigenvalue weighted by Crippen LogP contribution is -2.35. The normalized spacial score (nSPS) is 14.8. The molecule has 0 radical (unpaired) electrons. The summed E-state index contributed by atoms with van der Waals surface area (Å²) in [5.41, 5.74) is 1.07. The lowest BCUT2D eigenvalue weighted by Gasteiger charge is -2.29. The van der Waals surface area contributed by atoms with Crippen LogP contribution in [0, 0.1) is 0 Å². The maximum Gasteiger partial charge on any atom is 0.278 e. The number of benzene rings is 1. The van der Waals surface area contributed by atoms with Gasteiger partial charge in [-0.05, 0) is 55.7 Å². The predicted octanol–water partition coefficient (Wildman–Crippen LogP) is 3.99. The molecule has 0 atom stereocenters. The maximum absolute atomic E-state index is 13.3. The first-order valence-electron chi connectivity index (χ1n) is 12.1. The van der Waals surface area contributed by atoms with Gasteiger partial charge in [-0.15, -0.1) is 6.58 Å². The van der Waals surface area contributed by atoms with E-state index in [0.717, 1.165) is 41.7 Å². The van der Waals surface area contributed by atoms with Gasteiger partial charge in [0.05, 0.1) is 11.2 Å². The molecule has 10 nitrogen and oxygen atoms in total. The average Bonchev–Trinajstić information content (AvgIpc) is 3.48. The summed E-state index contributed by atoms with van der Waals surface area (Å²) in [6.45, 7) is 6.10. The fourth-order valence-corrected chi connectivity index (χ4v) is 5.17. The first-order chi connectivity index (χ1) is 18.1. The van der Waals surface area contributed by atoms with Crippen molar-refractivity contribution >= 4 is 44.3 Å². The van der Waals surface area contributed by atoms with Crippen LogP contribution in [0.15, 0.2) is 66.2 Å². The predicted molar refractivity (Wildman–Crippen MR) is 145 cm³/mol. The summed E-state index contributed by atoms with van der Waals surface area (Å²) in [7, 11) is 2.12. The minimum atomic E-state index is -0.212. The van der Waals surface area contributed by atoms with Crippen molar-refractivity contribution in [3.63, 3.8) is 0 Å². The molecule has 188 valence electrons. The number of hydrogen-bond acceptors (Lipinski definition) is 9. The van der Waals surface area contributed by atoms with E-state index in [9.17, 15) is 4.79 Å². The number of fused-ring (bicyclic) bond motifs is 2. The summed E-state index contributed by atoms with van der Waals surface area (Å²) in [4.78, 5) is 29.4. The quantitative estimate of drug-likeness (QED) is 0.325. The highest BCUT2D eigenvalue weighted by atomic mass is 32.1. The van der Waals surface area contributed by atoms with Crippen molar-refractivity contribution in [3.05, 3.63) is 71.8 Å². The Morgan fingerprint density at radius 2 is 2.05 bits per heavy atom. The highest BCUT2D eigenvalue weighted by Gasteiger charge is 2.21. The van der Waals surface area contributed by atoms with E-state index < -0.39 is 0 Å². The van der Waals surface area contributed by atoms with Gasteiger partial charge < -0.3 is 15.0 Å². The van der Waals surface area contributed by atoms with Crippen molar-refractivity contribution in [1.82, 2.24) is 33.6 Å². The lowest BCUT2D eigenvalue weighted by molar-refractivity contribution is 0.110. The van der Waals surface area contributed by atoms with E-state index in [4.69, 9.17) is 14.7 Å². The Hall–Kier alpha value is -4.09. The van der Waals surface area contributed by atoms with Crippen LogP contribution in [0.4, 0.5) is 11.6 Å². The van der Waals surface area contributed by atoms with E-state index in [0.29, 0.717) is 35.2 Å². The van der Waals surface area contributed by atoms with Crippen molar-refractivity contribution in [2.45, 2.75) is 25.5 Å². The Bertz CT molecular complexity index is 1650. The largest absolute Gasteiger partial charge is 0.474 e. The maximum atomic E-state index is 13.3. The Kier molecular flexibility index (Phi) is 6.15. The summed E-state index contributed by atoms with van der Waals surface area (Å²) >= 11 is 1.45. The van der Waals surface area contributed by atoms with Crippen LogP contribution in [0.3, 0.4) is 0 Å². The van der Waals surface area contributed by atoms with E-state index in [1.807, 2.05) is 42.6 Å². The average molecular weight is 515 g/mol. The summed E-state index contributed by atoms with van der Waals surface area (Å²) in [6.07, 6.45) is 7.06. The van der Waals surface area contributed by atoms with E-state index in [-0.39, 0.29) is 11.7 Å². The topological polar surface area (TPSA) is 103 Å². The number of nitrogens with one attached hydrogen (secondary N) is 1. The summed E-state index contributed by atoms with van der Waals surface area (Å²) in [5, 5.41) is 4.68. The van der Waals surface area contributed by atoms with Crippen molar-refractivity contribution in [1.29, 1.82) is 0 Å². The third-order valence-electron chi connectivity index (χ3n) is 6.47. The molecule has 0 saturated carbocycles. The van der Waals surface area contributed by atoms with Crippen molar-refractivity contribution in [3.8, 4) is 11.7 Å². The Balaban J connectivity index is 1.38. The molecule has 11 heteroatoms. The van der Waals surface area contributed by atoms with Crippen molar-refractivity contribution in [2.24, 2.45) is 0 Å². The van der Waals surface area contributed by atoms with Crippen LogP contribution in [-0.4, -0.2) is 59.8 Å². The number of hydrogen-bond donors (Lipinski definition) is 1. The molecule has 1 aliphatic heterocycles. The van der Waals surface area contributed by atoms with E-state index >= 15 is 0 Å². The smallest absolute Gasteiger partial charge is 0.278 e. The van der Waals surface area contributed by atoms with Gasteiger partial charge in [0.25, 0.3) is 5.56 Å². The van der Waals surface area contributed by atoms with Crippen molar-refractivity contribution < 1.29 is 4.74 Å². The molecule has 0 spiro atoms. The van der Waals surface area contributed by atoms with Gasteiger partial charge in [0, 0.05) is 42.6 Å². The Morgan fingerprint density at radius 3 is 2.89 bits per heavy atom. The molecule has 1 fully saturated rings. The van der Waals surface area contributed by atoms with Crippen LogP contribution >= 0.6 is 11.5 Å². The molecule has 1 aliphatic rings. The number of ether oxygens (including phenoxy) is 1. The molecule has 1 aromatic carbocycles. The number of likely N-dealkylation sites (tertiary alicyclic amines) is 1. The van der Waals surface area contributed by atoms with Crippen LogP contribution in [0.25, 0.3) is 26.9 Å². The SMILES string of the molecule is C=CCn1c(=O)c2cnc(Nc3ccc4sncc4c3)nc2n1-c1cccc(OC2CCN(C)CC2)n1. The Morgan fingerprint density at radius 1 is 1.19 bits per heavy atom. The summed E-state index contributed by atoms with van der Waals surface area (Å²) in [5.74, 6) is 1.43. The molecule has 1 N–H and O–H groups in total. The number of aromatic nitrogens is 6. The van der Waals surface area contributed by atoms with Gasteiger partial charge >= 0.3 is 0 Å². The number of rotatable bonds is 7. The molecule has 5 aromatic rings. The van der Waals surface area contributed by atoms with Crippen LogP contribution in [0.5, 0.6) is 5.88 Å². The first-order valence-corrected chi connectivity index (χ1v) is 12.9. The minimum absolute atomic E-state index is 0.115. The number of piperidine rings is 1. The highest BCUT2D eigenvalue weighted by Crippen LogP contribution is 2.25. The zero-order chi connectivity index (χ0) is 25.4. The van der Waals surface area contributed by atoms with Gasteiger partial charge in [-0.3, -0.25) is 4.79 Å². The van der Waals surface area contributed by atoms with Gasteiger partial charge in [0.1, 0.15) is 11.5 Å². The lowest BCUT2D eigenvalue weighted by atomic mass is 10.1. The van der Waals surface area contributed by atoms with E-state index in [1.54, 1.807) is 21.6 Å². The van der Waals surface area contributed by atoms with Crippen LogP contribution < -0.4 is 15.6 Å². The zero-order valence-corrected chi connectivity index (χ0v) is 21.2. The second-order valence-electron chi connectivity index (χ2n) is 9.08. The number of allylic oxidation sites excluding steroid dienone is 1. The first kappa shape index (κ1) is 23.3. The van der Waals surface area contributed by atoms with E-state index in [1.165, 1.54) is 11.5 Å². The van der Waals surface area contributed by atoms with Crippen LogP contribution in [0.2, 0.25) is 0 Å². The van der Waals surface area contributed by atoms with Gasteiger partial charge in [0.2, 0.25) is 11.8 Å². The molecule has 6 rings (SSSR count). The van der Waals surface area contributed by atoms with E-state index in [2.05, 4.69) is 33.2 Å². The molecule has 0 unspecified atom stereocenters. The molecular weight excluding hydrogens is 488 g/mol. The van der Waals surface area contributed by atoms with Gasteiger partial charge in [-0.25, -0.2) is 14.3 Å². The molecule has 0 aliphatic carbocycles. The third-order valence-corrected chi connectivity index (χ3v) is 7.24. The van der Waals surface area contributed by atoms with Gasteiger partial charge in [-0.1, -0.05) is 12.1 Å². The summed E-state index contributed by atoms with van der Waals surface area (Å²) in [6, 6.07) is 11.5. The third kappa shape index (κ3) is 4.58. The van der Waals surface area contributed by atoms with Crippen LogP contribution in [-0.2, 0) is 6.54 Å². The van der Waals surface area contributed by atoms with Gasteiger partial charge in [0.15, 0.2) is 11.5 Å². The highest BCUT2D eigenvalue weighted by molar-refractivity contribution is 7.13. The van der Waals surface area contributed by atoms with Crippen molar-refractivity contribution in [2.75, 3.05) is 25.5 Å². The fourth-order valence-electron chi connectivity index (χ4n) is 4.55. The number of nitrogens with zero attached hydrogens (tertiary/aromatic N) is 7. The number of anilines is 2. The Labute approximate surface area is 217 Å². The van der Waals surface area contributed by atoms with Crippen LogP contribution in [0.1, 0.15) is 12.8 Å². The van der Waals surface area contributed by atoms with Gasteiger partial charge in [-0.2, -0.15) is 14.3 Å². The fraction of sp³-hybridized carbons (Fsp3) is 0.269.